The molecule has 0 saturated carbocycles. The average molecular weight is 250 g/mol. The van der Waals surface area contributed by atoms with Gasteiger partial charge in [0.25, 0.3) is 0 Å². The molecular weight excluding hydrogens is 224 g/mol. The van der Waals surface area contributed by atoms with Gasteiger partial charge in [0.05, 0.1) is 24.9 Å². The SMILES string of the molecule is CCC(OCC(COC)OC)C(C)(C)O[SiH3]. The fourth-order valence-corrected chi connectivity index (χ4v) is 1.80. The summed E-state index contributed by atoms with van der Waals surface area (Å²) >= 11 is 0. The number of ether oxygens (including phenoxy) is 3. The summed E-state index contributed by atoms with van der Waals surface area (Å²) in [4.78, 5) is 0. The second kappa shape index (κ2) is 8.19. The minimum Gasteiger partial charge on any atom is -0.420 e. The van der Waals surface area contributed by atoms with Crippen LogP contribution in [0.1, 0.15) is 27.2 Å². The highest BCUT2D eigenvalue weighted by atomic mass is 28.2. The van der Waals surface area contributed by atoms with Crippen molar-refractivity contribution in [2.24, 2.45) is 0 Å². The van der Waals surface area contributed by atoms with Crippen LogP contribution < -0.4 is 0 Å². The van der Waals surface area contributed by atoms with Crippen molar-refractivity contribution in [2.75, 3.05) is 27.4 Å². The first kappa shape index (κ1) is 16.1. The van der Waals surface area contributed by atoms with Crippen molar-refractivity contribution in [3.8, 4) is 0 Å². The predicted molar refractivity (Wildman–Crippen MR) is 67.8 cm³/mol. The second-order valence-electron chi connectivity index (χ2n) is 4.35. The third-order valence-corrected chi connectivity index (χ3v) is 3.89. The van der Waals surface area contributed by atoms with Gasteiger partial charge in [0.15, 0.2) is 0 Å². The zero-order valence-electron chi connectivity index (χ0n) is 11.4. The van der Waals surface area contributed by atoms with Gasteiger partial charge >= 0.3 is 0 Å². The smallest absolute Gasteiger partial charge is 0.146 e. The number of methoxy groups -OCH3 is 2. The van der Waals surface area contributed by atoms with Gasteiger partial charge in [0.2, 0.25) is 0 Å². The minimum absolute atomic E-state index is 0.0102. The molecule has 0 aliphatic heterocycles. The van der Waals surface area contributed by atoms with Crippen molar-refractivity contribution in [3.63, 3.8) is 0 Å². The molecule has 4 nitrogen and oxygen atoms in total. The molecule has 0 aromatic rings. The molecule has 98 valence electrons. The molecule has 0 aliphatic carbocycles. The molecule has 0 spiro atoms. The van der Waals surface area contributed by atoms with E-state index in [0.717, 1.165) is 16.9 Å². The van der Waals surface area contributed by atoms with Gasteiger partial charge in [-0.3, -0.25) is 0 Å². The van der Waals surface area contributed by atoms with E-state index in [1.165, 1.54) is 0 Å². The molecule has 0 aromatic carbocycles. The maximum Gasteiger partial charge on any atom is 0.146 e. The van der Waals surface area contributed by atoms with E-state index in [1.807, 2.05) is 0 Å². The molecule has 0 heterocycles. The van der Waals surface area contributed by atoms with Crippen molar-refractivity contribution >= 4 is 10.5 Å². The van der Waals surface area contributed by atoms with Crippen molar-refractivity contribution in [2.45, 2.75) is 45.0 Å². The Morgan fingerprint density at radius 2 is 1.81 bits per heavy atom. The van der Waals surface area contributed by atoms with E-state index in [-0.39, 0.29) is 17.8 Å². The van der Waals surface area contributed by atoms with E-state index in [2.05, 4.69) is 20.8 Å². The van der Waals surface area contributed by atoms with Crippen molar-refractivity contribution in [3.05, 3.63) is 0 Å². The Kier molecular flexibility index (Phi) is 8.22. The minimum atomic E-state index is -0.216. The van der Waals surface area contributed by atoms with Crippen molar-refractivity contribution in [1.82, 2.24) is 0 Å². The third kappa shape index (κ3) is 5.40. The van der Waals surface area contributed by atoms with Gasteiger partial charge in [-0.25, -0.2) is 0 Å². The molecule has 5 heteroatoms. The molecule has 16 heavy (non-hydrogen) atoms. The van der Waals surface area contributed by atoms with Gasteiger partial charge in [-0.15, -0.1) is 0 Å². The topological polar surface area (TPSA) is 36.9 Å². The van der Waals surface area contributed by atoms with E-state index >= 15 is 0 Å². The van der Waals surface area contributed by atoms with Crippen LogP contribution in [0.2, 0.25) is 0 Å². The lowest BCUT2D eigenvalue weighted by molar-refractivity contribution is -0.109. The molecule has 0 bridgehead atoms. The Hall–Kier alpha value is 0.0569. The Bertz CT molecular complexity index is 175. The number of hydrogen-bond acceptors (Lipinski definition) is 4. The van der Waals surface area contributed by atoms with E-state index in [4.69, 9.17) is 18.6 Å². The summed E-state index contributed by atoms with van der Waals surface area (Å²) in [7, 11) is 4.05. The predicted octanol–water partition coefficient (Wildman–Crippen LogP) is 0.519. The molecule has 2 unspecified atom stereocenters. The van der Waals surface area contributed by atoms with E-state index in [0.29, 0.717) is 13.2 Å². The Morgan fingerprint density at radius 3 is 2.19 bits per heavy atom. The first-order valence-corrected chi connectivity index (χ1v) is 6.51. The van der Waals surface area contributed by atoms with E-state index in [9.17, 15) is 0 Å². The summed E-state index contributed by atoms with van der Waals surface area (Å²) in [6.45, 7) is 7.32. The summed E-state index contributed by atoms with van der Waals surface area (Å²) < 4.78 is 21.7. The Labute approximate surface area is 102 Å². The largest absolute Gasteiger partial charge is 0.420 e. The van der Waals surface area contributed by atoms with Crippen LogP contribution in [0.15, 0.2) is 0 Å². The van der Waals surface area contributed by atoms with Crippen LogP contribution in [0.5, 0.6) is 0 Å². The highest BCUT2D eigenvalue weighted by Crippen LogP contribution is 2.19. The molecule has 0 radical (unpaired) electrons. The number of hydrogen-bond donors (Lipinski definition) is 0. The van der Waals surface area contributed by atoms with Crippen LogP contribution in [0.3, 0.4) is 0 Å². The number of rotatable bonds is 9. The molecule has 0 aliphatic rings. The summed E-state index contributed by atoms with van der Waals surface area (Å²) in [6.07, 6.45) is 1.02. The molecule has 2 atom stereocenters. The van der Waals surface area contributed by atoms with E-state index < -0.39 is 0 Å². The van der Waals surface area contributed by atoms with Crippen LogP contribution in [0.25, 0.3) is 0 Å². The lowest BCUT2D eigenvalue weighted by Crippen LogP contribution is -2.42. The van der Waals surface area contributed by atoms with Crippen LogP contribution in [-0.4, -0.2) is 55.7 Å². The highest BCUT2D eigenvalue weighted by molar-refractivity contribution is 5.98. The van der Waals surface area contributed by atoms with Crippen molar-refractivity contribution < 1.29 is 18.6 Å². The van der Waals surface area contributed by atoms with Gasteiger partial charge in [-0.2, -0.15) is 0 Å². The monoisotopic (exact) mass is 250 g/mol. The van der Waals surface area contributed by atoms with Gasteiger partial charge in [0.1, 0.15) is 16.6 Å². The van der Waals surface area contributed by atoms with Gasteiger partial charge in [-0.1, -0.05) is 6.92 Å². The lowest BCUT2D eigenvalue weighted by Gasteiger charge is -2.33. The van der Waals surface area contributed by atoms with Crippen LogP contribution >= 0.6 is 0 Å². The quantitative estimate of drug-likeness (QED) is 0.559. The summed E-state index contributed by atoms with van der Waals surface area (Å²) in [5.41, 5.74) is -0.216. The summed E-state index contributed by atoms with van der Waals surface area (Å²) in [5, 5.41) is 0. The molecule has 0 amide bonds. The zero-order chi connectivity index (χ0) is 12.6. The van der Waals surface area contributed by atoms with Gasteiger partial charge in [0, 0.05) is 14.2 Å². The first-order valence-electron chi connectivity index (χ1n) is 5.70. The van der Waals surface area contributed by atoms with Crippen LogP contribution in [0, 0.1) is 0 Å². The second-order valence-corrected chi connectivity index (χ2v) is 4.76. The van der Waals surface area contributed by atoms with Crippen LogP contribution in [0.4, 0.5) is 0 Å². The standard InChI is InChI=1S/C11H26O4Si/c1-6-10(11(2,3)15-16)14-8-9(13-5)7-12-4/h9-10H,6-8H2,1-5,16H3. The van der Waals surface area contributed by atoms with Gasteiger partial charge in [-0.05, 0) is 20.3 Å². The van der Waals surface area contributed by atoms with Gasteiger partial charge < -0.3 is 18.6 Å². The molecule has 0 rings (SSSR count). The first-order chi connectivity index (χ1) is 7.51. The maximum absolute atomic E-state index is 5.84. The van der Waals surface area contributed by atoms with E-state index in [1.54, 1.807) is 14.2 Å². The highest BCUT2D eigenvalue weighted by Gasteiger charge is 2.28. The Balaban J connectivity index is 4.12. The molecule has 0 aromatic heterocycles. The zero-order valence-corrected chi connectivity index (χ0v) is 13.4. The van der Waals surface area contributed by atoms with Crippen LogP contribution in [-0.2, 0) is 18.6 Å². The molecule has 0 saturated heterocycles. The molecular formula is C11H26O4Si. The maximum atomic E-state index is 5.84. The fourth-order valence-electron chi connectivity index (χ4n) is 1.54. The Morgan fingerprint density at radius 1 is 1.19 bits per heavy atom. The lowest BCUT2D eigenvalue weighted by atomic mass is 10.00. The normalized spacial score (nSPS) is 16.3. The molecule has 0 N–H and O–H groups in total. The summed E-state index contributed by atoms with van der Waals surface area (Å²) in [6, 6.07) is 0. The third-order valence-electron chi connectivity index (χ3n) is 2.84. The fraction of sp³-hybridized carbons (Fsp3) is 1.00. The van der Waals surface area contributed by atoms with Crippen molar-refractivity contribution in [1.29, 1.82) is 0 Å². The molecule has 0 fully saturated rings. The average Bonchev–Trinajstić information content (AvgIpc) is 2.28. The summed E-state index contributed by atoms with van der Waals surface area (Å²) in [5.74, 6) is 0.